The summed E-state index contributed by atoms with van der Waals surface area (Å²) in [4.78, 5) is 0. The summed E-state index contributed by atoms with van der Waals surface area (Å²) in [6.45, 7) is 0. The molecule has 0 spiro atoms. The van der Waals surface area contributed by atoms with Crippen molar-refractivity contribution in [2.75, 3.05) is 0 Å². The molecule has 0 fully saturated rings. The number of nitrogens with zero attached hydrogens (tertiary/aromatic N) is 2. The molecule has 1 heterocycles. The van der Waals surface area contributed by atoms with Gasteiger partial charge in [0, 0.05) is 0 Å². The van der Waals surface area contributed by atoms with E-state index in [1.807, 2.05) is 12.1 Å². The molecule has 0 aliphatic heterocycles. The molecule has 0 aliphatic rings. The van der Waals surface area contributed by atoms with Crippen molar-refractivity contribution in [3.8, 4) is 0 Å². The van der Waals surface area contributed by atoms with Gasteiger partial charge in [-0.05, 0) is 0 Å². The molecular weight excluding hydrogens is 387 g/mol. The van der Waals surface area contributed by atoms with Crippen LogP contribution in [0, 0.1) is 0 Å². The minimum absolute atomic E-state index is 0.00471. The van der Waals surface area contributed by atoms with E-state index in [2.05, 4.69) is 52.0 Å². The predicted octanol–water partition coefficient (Wildman–Crippen LogP) is 3.37. The second-order valence-electron chi connectivity index (χ2n) is 3.13. The first-order valence-electron chi connectivity index (χ1n) is 4.27. The molecule has 5 heteroatoms. The summed E-state index contributed by atoms with van der Waals surface area (Å²) in [5.41, 5.74) is 1.97. The van der Waals surface area contributed by atoms with Crippen LogP contribution in [-0.4, -0.2) is 22.9 Å². The van der Waals surface area contributed by atoms with Crippen LogP contribution in [0.15, 0.2) is 33.2 Å². The van der Waals surface area contributed by atoms with E-state index < -0.39 is 0 Å². The normalized spacial score (nSPS) is 11.3. The van der Waals surface area contributed by atoms with Crippen molar-refractivity contribution in [3.63, 3.8) is 0 Å². The summed E-state index contributed by atoms with van der Waals surface area (Å²) < 4.78 is 11.0. The average molecular weight is 391 g/mol. The van der Waals surface area contributed by atoms with Crippen LogP contribution < -0.4 is 0 Å². The Morgan fingerprint density at radius 3 is 1.80 bits per heavy atom. The SMILES string of the molecule is Brc1c2ccccc2c(Br)c2n[se]nc12. The van der Waals surface area contributed by atoms with E-state index in [0.29, 0.717) is 0 Å². The van der Waals surface area contributed by atoms with E-state index in [9.17, 15) is 0 Å². The van der Waals surface area contributed by atoms with Gasteiger partial charge < -0.3 is 0 Å². The summed E-state index contributed by atoms with van der Waals surface area (Å²) in [6.07, 6.45) is 0. The fourth-order valence-electron chi connectivity index (χ4n) is 1.60. The van der Waals surface area contributed by atoms with Crippen LogP contribution in [0.25, 0.3) is 21.8 Å². The summed E-state index contributed by atoms with van der Waals surface area (Å²) in [5, 5.41) is 2.36. The second-order valence-corrected chi connectivity index (χ2v) is 5.83. The number of halogens is 2. The van der Waals surface area contributed by atoms with Gasteiger partial charge in [0.25, 0.3) is 0 Å². The van der Waals surface area contributed by atoms with E-state index in [0.717, 1.165) is 20.0 Å². The summed E-state index contributed by atoms with van der Waals surface area (Å²) in [5.74, 6) is 0. The van der Waals surface area contributed by atoms with Gasteiger partial charge in [-0.25, -0.2) is 0 Å². The Kier molecular flexibility index (Phi) is 2.44. The maximum atomic E-state index is 4.43. The molecule has 0 aliphatic carbocycles. The Bertz CT molecular complexity index is 607. The molecule has 0 bridgehead atoms. The first-order valence-corrected chi connectivity index (χ1v) is 7.39. The van der Waals surface area contributed by atoms with Gasteiger partial charge in [0.05, 0.1) is 0 Å². The van der Waals surface area contributed by atoms with Crippen molar-refractivity contribution in [2.24, 2.45) is 0 Å². The van der Waals surface area contributed by atoms with E-state index in [4.69, 9.17) is 0 Å². The van der Waals surface area contributed by atoms with Gasteiger partial charge in [0.1, 0.15) is 0 Å². The van der Waals surface area contributed by atoms with Gasteiger partial charge in [0.2, 0.25) is 0 Å². The molecule has 15 heavy (non-hydrogen) atoms. The van der Waals surface area contributed by atoms with Gasteiger partial charge in [-0.15, -0.1) is 0 Å². The summed E-state index contributed by atoms with van der Waals surface area (Å²) in [7, 11) is 0. The Morgan fingerprint density at radius 2 is 1.33 bits per heavy atom. The zero-order chi connectivity index (χ0) is 10.4. The van der Waals surface area contributed by atoms with Crippen LogP contribution in [0.4, 0.5) is 0 Å². The molecule has 0 radical (unpaired) electrons. The fraction of sp³-hybridized carbons (Fsp3) is 0. The monoisotopic (exact) mass is 390 g/mol. The van der Waals surface area contributed by atoms with E-state index in [1.54, 1.807) is 0 Å². The van der Waals surface area contributed by atoms with E-state index in [1.165, 1.54) is 10.8 Å². The Balaban J connectivity index is 2.69. The Morgan fingerprint density at radius 1 is 0.867 bits per heavy atom. The summed E-state index contributed by atoms with van der Waals surface area (Å²) >= 11 is 7.21. The zero-order valence-electron chi connectivity index (χ0n) is 7.37. The van der Waals surface area contributed by atoms with Crippen molar-refractivity contribution in [2.45, 2.75) is 0 Å². The number of benzene rings is 2. The van der Waals surface area contributed by atoms with Crippen LogP contribution in [-0.2, 0) is 0 Å². The molecule has 2 nitrogen and oxygen atoms in total. The molecule has 0 saturated heterocycles. The van der Waals surface area contributed by atoms with Crippen molar-refractivity contribution in [3.05, 3.63) is 33.2 Å². The van der Waals surface area contributed by atoms with Crippen molar-refractivity contribution in [1.82, 2.24) is 7.96 Å². The first kappa shape index (κ1) is 9.97. The van der Waals surface area contributed by atoms with Crippen molar-refractivity contribution in [1.29, 1.82) is 0 Å². The molecule has 3 rings (SSSR count). The van der Waals surface area contributed by atoms with Crippen molar-refractivity contribution < 1.29 is 0 Å². The quantitative estimate of drug-likeness (QED) is 0.550. The van der Waals surface area contributed by atoms with Crippen LogP contribution in [0.2, 0.25) is 0 Å². The molecule has 1 aromatic heterocycles. The molecule has 0 atom stereocenters. The maximum absolute atomic E-state index is 4.43. The second kappa shape index (κ2) is 3.67. The molecule has 0 amide bonds. The molecule has 74 valence electrons. The fourth-order valence-corrected chi connectivity index (χ4v) is 4.54. The van der Waals surface area contributed by atoms with Gasteiger partial charge in [-0.3, -0.25) is 0 Å². The molecule has 0 unspecified atom stereocenters. The third-order valence-electron chi connectivity index (χ3n) is 2.30. The Labute approximate surface area is 109 Å². The standard InChI is InChI=1S/C10H4Br2N2Se/c11-7-5-3-1-2-4-6(5)8(12)10-9(7)13-15-14-10/h1-4H. The topological polar surface area (TPSA) is 25.8 Å². The van der Waals surface area contributed by atoms with Gasteiger partial charge in [-0.2, -0.15) is 0 Å². The van der Waals surface area contributed by atoms with E-state index >= 15 is 0 Å². The molecule has 2 aromatic carbocycles. The third-order valence-corrected chi connectivity index (χ3v) is 5.02. The van der Waals surface area contributed by atoms with Gasteiger partial charge >= 0.3 is 110 Å². The van der Waals surface area contributed by atoms with Crippen LogP contribution in [0.5, 0.6) is 0 Å². The number of hydrogen-bond acceptors (Lipinski definition) is 2. The molecule has 3 aromatic rings. The number of fused-ring (bicyclic) bond motifs is 2. The van der Waals surface area contributed by atoms with Crippen LogP contribution in [0.3, 0.4) is 0 Å². The predicted molar refractivity (Wildman–Crippen MR) is 69.4 cm³/mol. The summed E-state index contributed by atoms with van der Waals surface area (Å²) in [6, 6.07) is 8.24. The molecular formula is C10H4Br2N2Se. The number of aromatic nitrogens is 2. The molecule has 0 N–H and O–H groups in total. The zero-order valence-corrected chi connectivity index (χ0v) is 12.3. The molecule has 0 saturated carbocycles. The van der Waals surface area contributed by atoms with Crippen LogP contribution in [0.1, 0.15) is 0 Å². The van der Waals surface area contributed by atoms with Crippen LogP contribution >= 0.6 is 31.9 Å². The average Bonchev–Trinajstić information content (AvgIpc) is 2.75. The van der Waals surface area contributed by atoms with Gasteiger partial charge in [0.15, 0.2) is 0 Å². The third kappa shape index (κ3) is 1.41. The number of hydrogen-bond donors (Lipinski definition) is 0. The Hall–Kier alpha value is -0.221. The minimum atomic E-state index is 0.00471. The van der Waals surface area contributed by atoms with E-state index in [-0.39, 0.29) is 15.0 Å². The number of rotatable bonds is 0. The van der Waals surface area contributed by atoms with Crippen molar-refractivity contribution >= 4 is 68.6 Å². The first-order chi connectivity index (χ1) is 7.29. The van der Waals surface area contributed by atoms with Gasteiger partial charge in [-0.1, -0.05) is 0 Å².